The Morgan fingerprint density at radius 2 is 1.82 bits per heavy atom. The van der Waals surface area contributed by atoms with Crippen LogP contribution in [0.5, 0.6) is 5.88 Å². The average molecular weight is 385 g/mol. The third kappa shape index (κ3) is 3.55. The zero-order valence-corrected chi connectivity index (χ0v) is 14.8. The Morgan fingerprint density at radius 3 is 2.57 bits per heavy atom. The smallest absolute Gasteiger partial charge is 0.287 e. The van der Waals surface area contributed by atoms with Gasteiger partial charge < -0.3 is 9.64 Å². The molecule has 1 atom stereocenters. The van der Waals surface area contributed by atoms with Gasteiger partial charge in [-0.2, -0.15) is 15.0 Å². The number of likely N-dealkylation sites (tertiary alicyclic amines) is 1. The van der Waals surface area contributed by atoms with Gasteiger partial charge in [-0.05, 0) is 18.2 Å². The second-order valence-electron chi connectivity index (χ2n) is 6.37. The highest BCUT2D eigenvalue weighted by atomic mass is 19.3. The van der Waals surface area contributed by atoms with Gasteiger partial charge in [-0.15, -0.1) is 0 Å². The standard InChI is InChI=1S/C19H17F2N5O2/c20-19(21)8-12-25(13-16(19)28-17-7-3-4-9-22-17)18(27)14-5-1-2-6-15(14)26-23-10-11-24-26/h1-7,9-11,16H,8,12-13H2. The number of halogens is 2. The molecule has 0 bridgehead atoms. The van der Waals surface area contributed by atoms with Crippen LogP contribution in [0.3, 0.4) is 0 Å². The van der Waals surface area contributed by atoms with E-state index in [1.807, 2.05) is 0 Å². The second kappa shape index (κ2) is 7.34. The molecule has 3 heterocycles. The highest BCUT2D eigenvalue weighted by Gasteiger charge is 2.47. The number of aromatic nitrogens is 4. The Labute approximate surface area is 159 Å². The lowest BCUT2D eigenvalue weighted by Gasteiger charge is -2.38. The molecule has 1 unspecified atom stereocenters. The number of alkyl halides is 2. The number of rotatable bonds is 4. The number of carbonyl (C=O) groups excluding carboxylic acids is 1. The van der Waals surface area contributed by atoms with Crippen molar-refractivity contribution in [2.24, 2.45) is 0 Å². The zero-order chi connectivity index (χ0) is 19.6. The van der Waals surface area contributed by atoms with Crippen molar-refractivity contribution in [3.8, 4) is 11.6 Å². The first-order valence-electron chi connectivity index (χ1n) is 8.75. The normalized spacial score (nSPS) is 18.6. The first kappa shape index (κ1) is 18.0. The molecule has 0 saturated carbocycles. The molecule has 1 fully saturated rings. The molecule has 4 rings (SSSR count). The quantitative estimate of drug-likeness (QED) is 0.690. The molecule has 2 aromatic heterocycles. The Morgan fingerprint density at radius 1 is 1.07 bits per heavy atom. The fourth-order valence-electron chi connectivity index (χ4n) is 3.08. The molecule has 0 radical (unpaired) electrons. The highest BCUT2D eigenvalue weighted by molar-refractivity contribution is 5.97. The van der Waals surface area contributed by atoms with Crippen molar-refractivity contribution >= 4 is 5.91 Å². The maximum Gasteiger partial charge on any atom is 0.287 e. The van der Waals surface area contributed by atoms with Gasteiger partial charge in [0.2, 0.25) is 5.88 Å². The molecule has 144 valence electrons. The van der Waals surface area contributed by atoms with E-state index in [2.05, 4.69) is 15.2 Å². The Bertz CT molecular complexity index is 950. The van der Waals surface area contributed by atoms with E-state index in [1.165, 1.54) is 34.4 Å². The van der Waals surface area contributed by atoms with Gasteiger partial charge in [-0.25, -0.2) is 13.8 Å². The maximum absolute atomic E-state index is 14.4. The van der Waals surface area contributed by atoms with Crippen LogP contribution in [-0.4, -0.2) is 55.9 Å². The SMILES string of the molecule is O=C(c1ccccc1-n1nccn1)N1CCC(F)(F)C(Oc2ccccn2)C1. The summed E-state index contributed by atoms with van der Waals surface area (Å²) in [6.07, 6.45) is 2.50. The molecule has 1 amide bonds. The topological polar surface area (TPSA) is 73.1 Å². The van der Waals surface area contributed by atoms with Crippen LogP contribution >= 0.6 is 0 Å². The minimum Gasteiger partial charge on any atom is -0.466 e. The Balaban J connectivity index is 1.57. The summed E-state index contributed by atoms with van der Waals surface area (Å²) < 4.78 is 34.2. The summed E-state index contributed by atoms with van der Waals surface area (Å²) in [4.78, 5) is 19.7. The van der Waals surface area contributed by atoms with E-state index >= 15 is 0 Å². The molecule has 1 saturated heterocycles. The molecule has 0 spiro atoms. The van der Waals surface area contributed by atoms with Crippen molar-refractivity contribution in [3.63, 3.8) is 0 Å². The molecular formula is C19H17F2N5O2. The van der Waals surface area contributed by atoms with Crippen molar-refractivity contribution in [1.82, 2.24) is 24.9 Å². The van der Waals surface area contributed by atoms with Crippen LogP contribution in [-0.2, 0) is 0 Å². The summed E-state index contributed by atoms with van der Waals surface area (Å²) in [7, 11) is 0. The number of piperidine rings is 1. The van der Waals surface area contributed by atoms with Crippen LogP contribution in [0.15, 0.2) is 61.1 Å². The number of hydrogen-bond donors (Lipinski definition) is 0. The maximum atomic E-state index is 14.4. The lowest BCUT2D eigenvalue weighted by molar-refractivity contribution is -0.131. The van der Waals surface area contributed by atoms with Gasteiger partial charge in [-0.1, -0.05) is 18.2 Å². The monoisotopic (exact) mass is 385 g/mol. The molecule has 0 N–H and O–H groups in total. The molecule has 1 aliphatic heterocycles. The van der Waals surface area contributed by atoms with E-state index in [1.54, 1.807) is 36.4 Å². The van der Waals surface area contributed by atoms with Crippen LogP contribution in [0.2, 0.25) is 0 Å². The van der Waals surface area contributed by atoms with Crippen LogP contribution in [0.1, 0.15) is 16.8 Å². The van der Waals surface area contributed by atoms with Crippen molar-refractivity contribution in [3.05, 3.63) is 66.6 Å². The largest absolute Gasteiger partial charge is 0.466 e. The summed E-state index contributed by atoms with van der Waals surface area (Å²) in [6.45, 7) is -0.321. The molecule has 7 nitrogen and oxygen atoms in total. The van der Waals surface area contributed by atoms with Gasteiger partial charge >= 0.3 is 0 Å². The van der Waals surface area contributed by atoms with E-state index in [9.17, 15) is 13.6 Å². The average Bonchev–Trinajstić information content (AvgIpc) is 3.24. The predicted octanol–water partition coefficient (Wildman–Crippen LogP) is 2.59. The number of ether oxygens (including phenoxy) is 1. The van der Waals surface area contributed by atoms with Gasteiger partial charge in [0.25, 0.3) is 11.8 Å². The number of carbonyl (C=O) groups is 1. The van der Waals surface area contributed by atoms with Crippen LogP contribution in [0, 0.1) is 0 Å². The van der Waals surface area contributed by atoms with Gasteiger partial charge in [-0.3, -0.25) is 4.79 Å². The fraction of sp³-hybridized carbons (Fsp3) is 0.263. The summed E-state index contributed by atoms with van der Waals surface area (Å²) in [6, 6.07) is 11.6. The Hall–Kier alpha value is -3.36. The molecule has 1 aliphatic rings. The van der Waals surface area contributed by atoms with Crippen LogP contribution < -0.4 is 4.74 Å². The first-order valence-corrected chi connectivity index (χ1v) is 8.75. The fourth-order valence-corrected chi connectivity index (χ4v) is 3.08. The second-order valence-corrected chi connectivity index (χ2v) is 6.37. The number of para-hydroxylation sites is 1. The van der Waals surface area contributed by atoms with E-state index in [-0.39, 0.29) is 24.9 Å². The van der Waals surface area contributed by atoms with Crippen molar-refractivity contribution in [1.29, 1.82) is 0 Å². The minimum absolute atomic E-state index is 0.0746. The van der Waals surface area contributed by atoms with Crippen LogP contribution in [0.25, 0.3) is 5.69 Å². The van der Waals surface area contributed by atoms with Crippen molar-refractivity contribution in [2.75, 3.05) is 13.1 Å². The van der Waals surface area contributed by atoms with E-state index in [4.69, 9.17) is 4.74 Å². The lowest BCUT2D eigenvalue weighted by atomic mass is 10.0. The van der Waals surface area contributed by atoms with Gasteiger partial charge in [0.1, 0.15) is 0 Å². The van der Waals surface area contributed by atoms with Gasteiger partial charge in [0, 0.05) is 25.2 Å². The molecule has 3 aromatic rings. The summed E-state index contributed by atoms with van der Waals surface area (Å²) in [5.74, 6) is -3.34. The summed E-state index contributed by atoms with van der Waals surface area (Å²) in [5, 5.41) is 8.10. The number of benzene rings is 1. The van der Waals surface area contributed by atoms with Gasteiger partial charge in [0.15, 0.2) is 6.10 Å². The number of hydrogen-bond acceptors (Lipinski definition) is 5. The van der Waals surface area contributed by atoms with Crippen molar-refractivity contribution in [2.45, 2.75) is 18.4 Å². The zero-order valence-electron chi connectivity index (χ0n) is 14.8. The minimum atomic E-state index is -3.06. The highest BCUT2D eigenvalue weighted by Crippen LogP contribution is 2.32. The van der Waals surface area contributed by atoms with E-state index in [0.717, 1.165) is 0 Å². The number of nitrogens with zero attached hydrogens (tertiary/aromatic N) is 5. The third-order valence-electron chi connectivity index (χ3n) is 4.53. The molecule has 1 aromatic carbocycles. The summed E-state index contributed by atoms with van der Waals surface area (Å²) >= 11 is 0. The van der Waals surface area contributed by atoms with Crippen molar-refractivity contribution < 1.29 is 18.3 Å². The first-order chi connectivity index (χ1) is 13.5. The lowest BCUT2D eigenvalue weighted by Crippen LogP contribution is -2.55. The number of pyridine rings is 1. The molecule has 28 heavy (non-hydrogen) atoms. The predicted molar refractivity (Wildman–Crippen MR) is 95.5 cm³/mol. The third-order valence-corrected chi connectivity index (χ3v) is 4.53. The van der Waals surface area contributed by atoms with Gasteiger partial charge in [0.05, 0.1) is 30.2 Å². The van der Waals surface area contributed by atoms with E-state index < -0.39 is 18.4 Å². The van der Waals surface area contributed by atoms with E-state index in [0.29, 0.717) is 11.3 Å². The molecule has 9 heteroatoms. The molecule has 0 aliphatic carbocycles. The Kier molecular flexibility index (Phi) is 4.72. The number of amides is 1. The summed E-state index contributed by atoms with van der Waals surface area (Å²) in [5.41, 5.74) is 0.817. The molecular weight excluding hydrogens is 368 g/mol. The van der Waals surface area contributed by atoms with Crippen LogP contribution in [0.4, 0.5) is 8.78 Å².